The lowest BCUT2D eigenvalue weighted by molar-refractivity contribution is 0.00578. The molecule has 0 spiro atoms. The fraction of sp³-hybridized carbons (Fsp3) is 1.00. The van der Waals surface area contributed by atoms with Crippen LogP contribution >= 0.6 is 0 Å². The van der Waals surface area contributed by atoms with E-state index in [1.165, 1.54) is 77.0 Å². The SMILES string of the molecule is CC1(C)OB(C2CCCCC(CC3CCCCCC3)C2)OC1(C)C. The predicted molar refractivity (Wildman–Crippen MR) is 102 cm³/mol. The van der Waals surface area contributed by atoms with E-state index in [-0.39, 0.29) is 18.3 Å². The van der Waals surface area contributed by atoms with Crippen LogP contribution in [0, 0.1) is 11.8 Å². The highest BCUT2D eigenvalue weighted by Gasteiger charge is 2.53. The molecule has 3 fully saturated rings. The first kappa shape index (κ1) is 18.8. The average Bonchev–Trinajstić information content (AvgIpc) is 2.79. The smallest absolute Gasteiger partial charge is 0.403 e. The second-order valence-corrected chi connectivity index (χ2v) is 9.86. The molecule has 0 bridgehead atoms. The molecule has 2 nitrogen and oxygen atoms in total. The number of hydrogen-bond donors (Lipinski definition) is 0. The van der Waals surface area contributed by atoms with E-state index in [0.29, 0.717) is 5.82 Å². The van der Waals surface area contributed by atoms with Crippen molar-refractivity contribution in [2.24, 2.45) is 11.8 Å². The summed E-state index contributed by atoms with van der Waals surface area (Å²) in [6, 6.07) is 0. The largest absolute Gasteiger partial charge is 0.461 e. The van der Waals surface area contributed by atoms with Crippen molar-refractivity contribution in [2.75, 3.05) is 0 Å². The maximum Gasteiger partial charge on any atom is 0.461 e. The van der Waals surface area contributed by atoms with Gasteiger partial charge in [-0.05, 0) is 58.2 Å². The Morgan fingerprint density at radius 3 is 1.83 bits per heavy atom. The van der Waals surface area contributed by atoms with E-state index in [0.717, 1.165) is 11.8 Å². The van der Waals surface area contributed by atoms with Gasteiger partial charge in [-0.3, -0.25) is 0 Å². The van der Waals surface area contributed by atoms with E-state index in [1.807, 2.05) is 0 Å². The second-order valence-electron chi connectivity index (χ2n) is 9.86. The Labute approximate surface area is 150 Å². The fourth-order valence-electron chi connectivity index (χ4n) is 5.12. The summed E-state index contributed by atoms with van der Waals surface area (Å²) in [7, 11) is 0.0183. The predicted octanol–water partition coefficient (Wildman–Crippen LogP) is 6.39. The van der Waals surface area contributed by atoms with Crippen molar-refractivity contribution in [2.45, 2.75) is 122 Å². The third-order valence-corrected chi connectivity index (χ3v) is 7.37. The highest BCUT2D eigenvalue weighted by Crippen LogP contribution is 2.45. The van der Waals surface area contributed by atoms with E-state index < -0.39 is 0 Å². The van der Waals surface area contributed by atoms with Gasteiger partial charge in [0.05, 0.1) is 11.2 Å². The van der Waals surface area contributed by atoms with Crippen molar-refractivity contribution >= 4 is 7.12 Å². The summed E-state index contributed by atoms with van der Waals surface area (Å²) < 4.78 is 12.8. The van der Waals surface area contributed by atoms with Crippen molar-refractivity contribution < 1.29 is 9.31 Å². The minimum absolute atomic E-state index is 0.0183. The molecule has 3 aliphatic rings. The Balaban J connectivity index is 1.58. The monoisotopic (exact) mass is 334 g/mol. The minimum Gasteiger partial charge on any atom is -0.403 e. The van der Waals surface area contributed by atoms with Crippen LogP contribution < -0.4 is 0 Å². The van der Waals surface area contributed by atoms with Crippen molar-refractivity contribution in [3.8, 4) is 0 Å². The molecule has 2 saturated carbocycles. The first-order valence-electron chi connectivity index (χ1n) is 10.7. The molecule has 2 aliphatic carbocycles. The van der Waals surface area contributed by atoms with Gasteiger partial charge >= 0.3 is 7.12 Å². The van der Waals surface area contributed by atoms with Gasteiger partial charge in [-0.2, -0.15) is 0 Å². The first-order valence-corrected chi connectivity index (χ1v) is 10.7. The van der Waals surface area contributed by atoms with Crippen LogP contribution in [0.2, 0.25) is 5.82 Å². The Morgan fingerprint density at radius 2 is 1.21 bits per heavy atom. The van der Waals surface area contributed by atoms with Crippen LogP contribution in [-0.4, -0.2) is 18.3 Å². The minimum atomic E-state index is -0.180. The van der Waals surface area contributed by atoms with Gasteiger partial charge in [0.1, 0.15) is 0 Å². The van der Waals surface area contributed by atoms with Crippen molar-refractivity contribution in [3.63, 3.8) is 0 Å². The molecule has 1 aliphatic heterocycles. The Bertz CT molecular complexity index is 383. The van der Waals surface area contributed by atoms with Gasteiger partial charge in [0.25, 0.3) is 0 Å². The lowest BCUT2D eigenvalue weighted by Gasteiger charge is -2.32. The van der Waals surface area contributed by atoms with Gasteiger partial charge in [0.15, 0.2) is 0 Å². The summed E-state index contributed by atoms with van der Waals surface area (Å²) >= 11 is 0. The van der Waals surface area contributed by atoms with Gasteiger partial charge < -0.3 is 9.31 Å². The quantitative estimate of drug-likeness (QED) is 0.440. The molecule has 3 rings (SSSR count). The Morgan fingerprint density at radius 1 is 0.708 bits per heavy atom. The topological polar surface area (TPSA) is 18.5 Å². The van der Waals surface area contributed by atoms with Crippen LogP contribution in [0.4, 0.5) is 0 Å². The van der Waals surface area contributed by atoms with Crippen molar-refractivity contribution in [1.82, 2.24) is 0 Å². The molecule has 0 aromatic carbocycles. The van der Waals surface area contributed by atoms with E-state index in [9.17, 15) is 0 Å². The lowest BCUT2D eigenvalue weighted by atomic mass is 9.65. The third-order valence-electron chi connectivity index (χ3n) is 7.37. The summed E-state index contributed by atoms with van der Waals surface area (Å²) in [4.78, 5) is 0. The molecule has 0 aromatic rings. The molecule has 138 valence electrons. The molecule has 2 atom stereocenters. The van der Waals surface area contributed by atoms with Crippen LogP contribution in [0.1, 0.15) is 105 Å². The zero-order valence-electron chi connectivity index (χ0n) is 16.6. The van der Waals surface area contributed by atoms with Crippen LogP contribution in [0.25, 0.3) is 0 Å². The van der Waals surface area contributed by atoms with Gasteiger partial charge in [0, 0.05) is 0 Å². The zero-order chi connectivity index (χ0) is 17.2. The maximum absolute atomic E-state index is 6.40. The van der Waals surface area contributed by atoms with Crippen LogP contribution in [-0.2, 0) is 9.31 Å². The highest BCUT2D eigenvalue weighted by molar-refractivity contribution is 6.47. The van der Waals surface area contributed by atoms with Crippen LogP contribution in [0.3, 0.4) is 0 Å². The Hall–Kier alpha value is -0.0151. The molecule has 0 amide bonds. The van der Waals surface area contributed by atoms with Gasteiger partial charge in [0.2, 0.25) is 0 Å². The summed E-state index contributed by atoms with van der Waals surface area (Å²) in [6.07, 6.45) is 17.1. The molecule has 1 heterocycles. The summed E-state index contributed by atoms with van der Waals surface area (Å²) in [5, 5.41) is 0. The molecular weight excluding hydrogens is 295 g/mol. The van der Waals surface area contributed by atoms with Crippen LogP contribution in [0.15, 0.2) is 0 Å². The molecule has 0 radical (unpaired) electrons. The summed E-state index contributed by atoms with van der Waals surface area (Å²) in [5.74, 6) is 2.50. The number of rotatable bonds is 3. The van der Waals surface area contributed by atoms with E-state index >= 15 is 0 Å². The molecule has 0 aromatic heterocycles. The first-order chi connectivity index (χ1) is 11.4. The average molecular weight is 334 g/mol. The maximum atomic E-state index is 6.40. The molecule has 3 heteroatoms. The normalized spacial score (nSPS) is 34.8. The van der Waals surface area contributed by atoms with Gasteiger partial charge in [-0.15, -0.1) is 0 Å². The van der Waals surface area contributed by atoms with E-state index in [1.54, 1.807) is 0 Å². The number of hydrogen-bond acceptors (Lipinski definition) is 2. The van der Waals surface area contributed by atoms with Crippen molar-refractivity contribution in [3.05, 3.63) is 0 Å². The van der Waals surface area contributed by atoms with Crippen LogP contribution in [0.5, 0.6) is 0 Å². The molecule has 24 heavy (non-hydrogen) atoms. The van der Waals surface area contributed by atoms with E-state index in [2.05, 4.69) is 27.7 Å². The molecule has 2 unspecified atom stereocenters. The summed E-state index contributed by atoms with van der Waals surface area (Å²) in [5.41, 5.74) is -0.360. The molecule has 1 saturated heterocycles. The van der Waals surface area contributed by atoms with Crippen molar-refractivity contribution in [1.29, 1.82) is 0 Å². The Kier molecular flexibility index (Phi) is 6.02. The molecule has 0 N–H and O–H groups in total. The van der Waals surface area contributed by atoms with Gasteiger partial charge in [-0.1, -0.05) is 64.2 Å². The zero-order valence-corrected chi connectivity index (χ0v) is 16.6. The highest BCUT2D eigenvalue weighted by atomic mass is 16.7. The lowest BCUT2D eigenvalue weighted by Crippen LogP contribution is -2.41. The fourth-order valence-corrected chi connectivity index (χ4v) is 5.12. The second kappa shape index (κ2) is 7.70. The van der Waals surface area contributed by atoms with Gasteiger partial charge in [-0.25, -0.2) is 0 Å². The summed E-state index contributed by atoms with van der Waals surface area (Å²) in [6.45, 7) is 8.75. The standard InChI is InChI=1S/C21H39BO2/c1-20(2)21(3,4)24-22(23-20)19-14-10-9-13-18(16-19)15-17-11-7-5-6-8-12-17/h17-19H,5-16H2,1-4H3. The van der Waals surface area contributed by atoms with E-state index in [4.69, 9.17) is 9.31 Å². The third kappa shape index (κ3) is 4.39. The molecular formula is C21H39BO2.